The van der Waals surface area contributed by atoms with Gasteiger partial charge < -0.3 is 10.2 Å². The third-order valence-electron chi connectivity index (χ3n) is 3.19. The number of rotatable bonds is 5. The van der Waals surface area contributed by atoms with Gasteiger partial charge in [-0.05, 0) is 50.1 Å². The number of nitrogens with zero attached hydrogens (tertiary/aromatic N) is 1. The summed E-state index contributed by atoms with van der Waals surface area (Å²) >= 11 is 0. The lowest BCUT2D eigenvalue weighted by atomic mass is 10.1. The Kier molecular flexibility index (Phi) is 4.96. The molecule has 1 fully saturated rings. The highest BCUT2D eigenvalue weighted by Crippen LogP contribution is 2.16. The number of hydroxylamine groups is 2. The second kappa shape index (κ2) is 6.71. The van der Waals surface area contributed by atoms with Crippen LogP contribution < -0.4 is 10.2 Å². The Morgan fingerprint density at radius 3 is 2.56 bits per heavy atom. The Morgan fingerprint density at radius 1 is 1.28 bits per heavy atom. The van der Waals surface area contributed by atoms with Gasteiger partial charge in [-0.15, -0.1) is 5.06 Å². The number of halogens is 1. The number of nitrogens with one attached hydrogen (secondary N) is 1. The molecule has 4 heteroatoms. The van der Waals surface area contributed by atoms with E-state index in [0.717, 1.165) is 32.5 Å². The number of piperidine rings is 1. The molecule has 0 saturated carbocycles. The van der Waals surface area contributed by atoms with Crippen molar-refractivity contribution >= 4 is 0 Å². The van der Waals surface area contributed by atoms with E-state index in [-0.39, 0.29) is 5.82 Å². The molecule has 0 radical (unpaired) electrons. The van der Waals surface area contributed by atoms with E-state index in [9.17, 15) is 4.39 Å². The lowest BCUT2D eigenvalue weighted by Gasteiger charge is -2.31. The highest BCUT2D eigenvalue weighted by atomic mass is 19.1. The van der Waals surface area contributed by atoms with Crippen molar-refractivity contribution in [1.29, 1.82) is 0 Å². The Balaban J connectivity index is 1.74. The van der Waals surface area contributed by atoms with E-state index in [1.54, 1.807) is 12.1 Å². The molecule has 0 unspecified atom stereocenters. The molecule has 1 heterocycles. The molecule has 1 aromatic rings. The molecule has 1 saturated heterocycles. The summed E-state index contributed by atoms with van der Waals surface area (Å²) in [4.78, 5) is 5.70. The third-order valence-corrected chi connectivity index (χ3v) is 3.19. The van der Waals surface area contributed by atoms with Gasteiger partial charge in [0.1, 0.15) is 11.6 Å². The number of hydrogen-bond acceptors (Lipinski definition) is 3. The quantitative estimate of drug-likeness (QED) is 0.871. The Hall–Kier alpha value is -1.13. The molecule has 18 heavy (non-hydrogen) atoms. The monoisotopic (exact) mass is 252 g/mol. The van der Waals surface area contributed by atoms with Crippen molar-refractivity contribution in [3.05, 3.63) is 30.1 Å². The van der Waals surface area contributed by atoms with Gasteiger partial charge >= 0.3 is 0 Å². The summed E-state index contributed by atoms with van der Waals surface area (Å²) in [6.07, 6.45) is 3.37. The van der Waals surface area contributed by atoms with Crippen LogP contribution in [-0.4, -0.2) is 30.7 Å². The molecule has 0 spiro atoms. The van der Waals surface area contributed by atoms with Gasteiger partial charge in [0.05, 0.1) is 0 Å². The van der Waals surface area contributed by atoms with Gasteiger partial charge in [-0.3, -0.25) is 0 Å². The van der Waals surface area contributed by atoms with E-state index in [4.69, 9.17) is 4.84 Å². The summed E-state index contributed by atoms with van der Waals surface area (Å²) in [6.45, 7) is 5.10. The van der Waals surface area contributed by atoms with Crippen molar-refractivity contribution < 1.29 is 9.23 Å². The summed E-state index contributed by atoms with van der Waals surface area (Å²) < 4.78 is 12.8. The molecule has 100 valence electrons. The summed E-state index contributed by atoms with van der Waals surface area (Å²) in [6, 6.07) is 6.78. The van der Waals surface area contributed by atoms with E-state index in [1.807, 2.05) is 5.06 Å². The van der Waals surface area contributed by atoms with Crippen molar-refractivity contribution in [3.63, 3.8) is 0 Å². The maximum atomic E-state index is 12.8. The molecule has 0 aromatic heterocycles. The Labute approximate surface area is 108 Å². The highest BCUT2D eigenvalue weighted by molar-refractivity contribution is 5.21. The van der Waals surface area contributed by atoms with E-state index >= 15 is 0 Å². The summed E-state index contributed by atoms with van der Waals surface area (Å²) in [7, 11) is 0. The molecule has 0 bridgehead atoms. The van der Waals surface area contributed by atoms with Crippen molar-refractivity contribution in [2.45, 2.75) is 32.2 Å². The van der Waals surface area contributed by atoms with E-state index in [1.165, 1.54) is 18.6 Å². The molecule has 0 amide bonds. The second-order valence-corrected chi connectivity index (χ2v) is 4.70. The molecule has 1 aromatic carbocycles. The minimum absolute atomic E-state index is 0.232. The lowest BCUT2D eigenvalue weighted by Crippen LogP contribution is -2.43. The predicted molar refractivity (Wildman–Crippen MR) is 69.9 cm³/mol. The molecule has 1 N–H and O–H groups in total. The summed E-state index contributed by atoms with van der Waals surface area (Å²) in [5.74, 6) is 0.473. The predicted octanol–water partition coefficient (Wildman–Crippen LogP) is 2.58. The van der Waals surface area contributed by atoms with Crippen LogP contribution in [0.3, 0.4) is 0 Å². The first kappa shape index (κ1) is 13.3. The number of benzene rings is 1. The SMILES string of the molecule is CCCNC1CCN(Oc2ccc(F)cc2)CC1. The average Bonchev–Trinajstić information content (AvgIpc) is 2.41. The smallest absolute Gasteiger partial charge is 0.147 e. The topological polar surface area (TPSA) is 24.5 Å². The van der Waals surface area contributed by atoms with Crippen LogP contribution in [0.5, 0.6) is 5.75 Å². The molecular weight excluding hydrogens is 231 g/mol. The molecule has 1 aliphatic rings. The third kappa shape index (κ3) is 3.96. The Morgan fingerprint density at radius 2 is 1.94 bits per heavy atom. The van der Waals surface area contributed by atoms with Crippen LogP contribution >= 0.6 is 0 Å². The van der Waals surface area contributed by atoms with Gasteiger partial charge in [-0.1, -0.05) is 6.92 Å². The first-order chi connectivity index (χ1) is 8.78. The van der Waals surface area contributed by atoms with Gasteiger partial charge in [0, 0.05) is 19.1 Å². The van der Waals surface area contributed by atoms with Crippen LogP contribution in [0.4, 0.5) is 4.39 Å². The molecular formula is C14H21FN2O. The van der Waals surface area contributed by atoms with E-state index in [0.29, 0.717) is 11.8 Å². The zero-order valence-corrected chi connectivity index (χ0v) is 10.9. The fraction of sp³-hybridized carbons (Fsp3) is 0.571. The van der Waals surface area contributed by atoms with Crippen molar-refractivity contribution in [2.24, 2.45) is 0 Å². The van der Waals surface area contributed by atoms with Gasteiger partial charge in [0.2, 0.25) is 0 Å². The average molecular weight is 252 g/mol. The zero-order chi connectivity index (χ0) is 12.8. The van der Waals surface area contributed by atoms with Crippen molar-refractivity contribution in [1.82, 2.24) is 10.4 Å². The van der Waals surface area contributed by atoms with Crippen LogP contribution in [0.25, 0.3) is 0 Å². The first-order valence-electron chi connectivity index (χ1n) is 6.70. The van der Waals surface area contributed by atoms with Gasteiger partial charge in [0.25, 0.3) is 0 Å². The summed E-state index contributed by atoms with van der Waals surface area (Å²) in [5.41, 5.74) is 0. The minimum atomic E-state index is -0.232. The standard InChI is InChI=1S/C14H21FN2O/c1-2-9-16-13-7-10-17(11-8-13)18-14-5-3-12(15)4-6-14/h3-6,13,16H,2,7-11H2,1H3. The van der Waals surface area contributed by atoms with Gasteiger partial charge in [-0.25, -0.2) is 4.39 Å². The zero-order valence-electron chi connectivity index (χ0n) is 10.9. The van der Waals surface area contributed by atoms with Gasteiger partial charge in [0.15, 0.2) is 0 Å². The summed E-state index contributed by atoms with van der Waals surface area (Å²) in [5, 5.41) is 5.49. The molecule has 2 rings (SSSR count). The normalized spacial score (nSPS) is 17.9. The van der Waals surface area contributed by atoms with Crippen molar-refractivity contribution in [3.8, 4) is 5.75 Å². The van der Waals surface area contributed by atoms with Crippen LogP contribution in [0.1, 0.15) is 26.2 Å². The molecule has 1 aliphatic heterocycles. The van der Waals surface area contributed by atoms with Crippen LogP contribution in [0, 0.1) is 5.82 Å². The van der Waals surface area contributed by atoms with Crippen molar-refractivity contribution in [2.75, 3.05) is 19.6 Å². The van der Waals surface area contributed by atoms with Crippen LogP contribution in [0.2, 0.25) is 0 Å². The Bertz CT molecular complexity index is 347. The largest absolute Gasteiger partial charge is 0.406 e. The van der Waals surface area contributed by atoms with Crippen LogP contribution in [-0.2, 0) is 0 Å². The fourth-order valence-electron chi connectivity index (χ4n) is 2.14. The van der Waals surface area contributed by atoms with E-state index in [2.05, 4.69) is 12.2 Å². The maximum Gasteiger partial charge on any atom is 0.147 e. The molecule has 3 nitrogen and oxygen atoms in total. The molecule has 0 aliphatic carbocycles. The maximum absolute atomic E-state index is 12.8. The fourth-order valence-corrected chi connectivity index (χ4v) is 2.14. The second-order valence-electron chi connectivity index (χ2n) is 4.70. The lowest BCUT2D eigenvalue weighted by molar-refractivity contribution is -0.0772. The minimum Gasteiger partial charge on any atom is -0.406 e. The van der Waals surface area contributed by atoms with Crippen LogP contribution in [0.15, 0.2) is 24.3 Å². The number of hydrogen-bond donors (Lipinski definition) is 1. The first-order valence-corrected chi connectivity index (χ1v) is 6.70. The highest BCUT2D eigenvalue weighted by Gasteiger charge is 2.19. The van der Waals surface area contributed by atoms with E-state index < -0.39 is 0 Å². The van der Waals surface area contributed by atoms with Gasteiger partial charge in [-0.2, -0.15) is 0 Å². The molecule has 0 atom stereocenters.